The molecular weight excluding hydrogens is 345 g/mol. The van der Waals surface area contributed by atoms with Gasteiger partial charge >= 0.3 is 0 Å². The third-order valence-electron chi connectivity index (χ3n) is 3.51. The highest BCUT2D eigenvalue weighted by molar-refractivity contribution is 6.36. The molecule has 0 aliphatic rings. The smallest absolute Gasteiger partial charge is 0.262 e. The summed E-state index contributed by atoms with van der Waals surface area (Å²) < 4.78 is 5.74. The monoisotopic (exact) mass is 365 g/mol. The molecule has 2 rings (SSSR count). The molecule has 2 aromatic carbocycles. The number of hydrogen-bond acceptors (Lipinski definition) is 2. The Balaban J connectivity index is 2.07. The largest absolute Gasteiger partial charge is 0.483 e. The molecule has 0 heterocycles. The van der Waals surface area contributed by atoms with Gasteiger partial charge in [0.1, 0.15) is 5.75 Å². The molecule has 0 atom stereocenters. The van der Waals surface area contributed by atoms with E-state index in [1.54, 1.807) is 18.2 Å². The molecule has 0 bridgehead atoms. The van der Waals surface area contributed by atoms with Gasteiger partial charge in [-0.05, 0) is 42.2 Å². The van der Waals surface area contributed by atoms with E-state index in [0.29, 0.717) is 21.5 Å². The van der Waals surface area contributed by atoms with Crippen LogP contribution in [0.3, 0.4) is 0 Å². The summed E-state index contributed by atoms with van der Waals surface area (Å²) in [6, 6.07) is 10.9. The Morgan fingerprint density at radius 2 is 1.83 bits per heavy atom. The molecule has 0 aliphatic carbocycles. The summed E-state index contributed by atoms with van der Waals surface area (Å²) in [5.41, 5.74) is 2.66. The number of ether oxygens (including phenoxy) is 1. The molecule has 1 N–H and O–H groups in total. The third-order valence-corrected chi connectivity index (χ3v) is 4.05. The predicted molar refractivity (Wildman–Crippen MR) is 100 cm³/mol. The van der Waals surface area contributed by atoms with E-state index >= 15 is 0 Å². The van der Waals surface area contributed by atoms with Crippen LogP contribution in [0.4, 0.5) is 5.69 Å². The van der Waals surface area contributed by atoms with Crippen LogP contribution in [0.5, 0.6) is 5.75 Å². The van der Waals surface area contributed by atoms with Crippen molar-refractivity contribution >= 4 is 34.8 Å². The number of rotatable bonds is 4. The zero-order chi connectivity index (χ0) is 17.9. The fourth-order valence-electron chi connectivity index (χ4n) is 2.28. The Morgan fingerprint density at radius 3 is 2.46 bits per heavy atom. The predicted octanol–water partition coefficient (Wildman–Crippen LogP) is 5.62. The summed E-state index contributed by atoms with van der Waals surface area (Å²) in [5.74, 6) is 0.435. The maximum Gasteiger partial charge on any atom is 0.262 e. The Bertz CT molecular complexity index is 752. The Labute approximate surface area is 152 Å². The first-order valence-electron chi connectivity index (χ1n) is 7.65. The van der Waals surface area contributed by atoms with Crippen molar-refractivity contribution in [3.05, 3.63) is 57.6 Å². The van der Waals surface area contributed by atoms with Crippen LogP contribution in [0.15, 0.2) is 36.4 Å². The summed E-state index contributed by atoms with van der Waals surface area (Å²) >= 11 is 11.9. The number of aryl methyl sites for hydroxylation is 1. The van der Waals surface area contributed by atoms with Crippen LogP contribution in [0.1, 0.15) is 31.9 Å². The summed E-state index contributed by atoms with van der Waals surface area (Å²) in [4.78, 5) is 12.1. The summed E-state index contributed by atoms with van der Waals surface area (Å²) in [5, 5.41) is 3.63. The van der Waals surface area contributed by atoms with Crippen LogP contribution in [0, 0.1) is 6.92 Å². The van der Waals surface area contributed by atoms with Crippen molar-refractivity contribution in [1.82, 2.24) is 0 Å². The maximum absolute atomic E-state index is 12.1. The molecule has 0 saturated heterocycles. The van der Waals surface area contributed by atoms with Crippen LogP contribution in [-0.4, -0.2) is 12.5 Å². The van der Waals surface area contributed by atoms with Crippen molar-refractivity contribution < 1.29 is 9.53 Å². The number of nitrogens with one attached hydrogen (secondary N) is 1. The molecule has 24 heavy (non-hydrogen) atoms. The van der Waals surface area contributed by atoms with Crippen LogP contribution in [0.25, 0.3) is 0 Å². The van der Waals surface area contributed by atoms with E-state index in [1.165, 1.54) is 0 Å². The van der Waals surface area contributed by atoms with E-state index < -0.39 is 0 Å². The Morgan fingerprint density at radius 1 is 1.12 bits per heavy atom. The number of benzene rings is 2. The minimum absolute atomic E-state index is 0.0721. The van der Waals surface area contributed by atoms with E-state index in [1.807, 2.05) is 19.1 Å². The molecular formula is C19H21Cl2NO2. The second-order valence-corrected chi connectivity index (χ2v) is 7.55. The van der Waals surface area contributed by atoms with Crippen molar-refractivity contribution in [2.24, 2.45) is 0 Å². The number of anilines is 1. The molecule has 3 nitrogen and oxygen atoms in total. The first kappa shape index (κ1) is 18.6. The van der Waals surface area contributed by atoms with Gasteiger partial charge in [-0.15, -0.1) is 0 Å². The average Bonchev–Trinajstić information content (AvgIpc) is 2.48. The standard InChI is InChI=1S/C19H21Cl2NO2/c1-12-5-8-17(14(9-12)19(2,3)4)24-11-18(23)22-16-7-6-13(20)10-15(16)21/h5-10H,11H2,1-4H3,(H,22,23). The lowest BCUT2D eigenvalue weighted by molar-refractivity contribution is -0.118. The summed E-state index contributed by atoms with van der Waals surface area (Å²) in [6.45, 7) is 8.28. The van der Waals surface area contributed by atoms with Gasteiger partial charge in [-0.25, -0.2) is 0 Å². The second kappa shape index (κ2) is 7.45. The van der Waals surface area contributed by atoms with Gasteiger partial charge in [0.05, 0.1) is 10.7 Å². The molecule has 0 radical (unpaired) electrons. The fraction of sp³-hybridized carbons (Fsp3) is 0.316. The first-order valence-corrected chi connectivity index (χ1v) is 8.41. The van der Waals surface area contributed by atoms with Crippen LogP contribution >= 0.6 is 23.2 Å². The van der Waals surface area contributed by atoms with E-state index in [-0.39, 0.29) is 17.9 Å². The first-order chi connectivity index (χ1) is 11.2. The lowest BCUT2D eigenvalue weighted by Gasteiger charge is -2.23. The third kappa shape index (κ3) is 4.89. The number of carbonyl (C=O) groups is 1. The number of halogens is 2. The van der Waals surface area contributed by atoms with Crippen molar-refractivity contribution in [2.45, 2.75) is 33.1 Å². The molecule has 0 fully saturated rings. The minimum atomic E-state index is -0.278. The highest BCUT2D eigenvalue weighted by Gasteiger charge is 2.19. The quantitative estimate of drug-likeness (QED) is 0.763. The normalized spacial score (nSPS) is 11.2. The molecule has 0 unspecified atom stereocenters. The van der Waals surface area contributed by atoms with E-state index in [0.717, 1.165) is 11.1 Å². The SMILES string of the molecule is Cc1ccc(OCC(=O)Nc2ccc(Cl)cc2Cl)c(C(C)(C)C)c1. The summed E-state index contributed by atoms with van der Waals surface area (Å²) in [6.07, 6.45) is 0. The second-order valence-electron chi connectivity index (χ2n) is 6.71. The fourth-order valence-corrected chi connectivity index (χ4v) is 2.73. The zero-order valence-electron chi connectivity index (χ0n) is 14.2. The Hall–Kier alpha value is -1.71. The van der Waals surface area contributed by atoms with Crippen LogP contribution in [0.2, 0.25) is 10.0 Å². The molecule has 0 aliphatic heterocycles. The molecule has 128 valence electrons. The molecule has 0 aromatic heterocycles. The van der Waals surface area contributed by atoms with E-state index in [9.17, 15) is 4.79 Å². The van der Waals surface area contributed by atoms with Gasteiger partial charge in [0, 0.05) is 5.02 Å². The highest BCUT2D eigenvalue weighted by Crippen LogP contribution is 2.32. The number of carbonyl (C=O) groups excluding carboxylic acids is 1. The lowest BCUT2D eigenvalue weighted by atomic mass is 9.85. The topological polar surface area (TPSA) is 38.3 Å². The molecule has 0 spiro atoms. The Kier molecular flexibility index (Phi) is 5.79. The van der Waals surface area contributed by atoms with Crippen LogP contribution in [-0.2, 0) is 10.2 Å². The molecule has 1 amide bonds. The molecule has 2 aromatic rings. The van der Waals surface area contributed by atoms with Gasteiger partial charge in [-0.2, -0.15) is 0 Å². The highest BCUT2D eigenvalue weighted by atomic mass is 35.5. The van der Waals surface area contributed by atoms with Gasteiger partial charge in [0.25, 0.3) is 5.91 Å². The lowest BCUT2D eigenvalue weighted by Crippen LogP contribution is -2.22. The van der Waals surface area contributed by atoms with Crippen molar-refractivity contribution in [2.75, 3.05) is 11.9 Å². The summed E-state index contributed by atoms with van der Waals surface area (Å²) in [7, 11) is 0. The van der Waals surface area contributed by atoms with Gasteiger partial charge < -0.3 is 10.1 Å². The maximum atomic E-state index is 12.1. The minimum Gasteiger partial charge on any atom is -0.483 e. The van der Waals surface area contributed by atoms with Crippen molar-refractivity contribution in [3.8, 4) is 5.75 Å². The van der Waals surface area contributed by atoms with Crippen molar-refractivity contribution in [3.63, 3.8) is 0 Å². The number of hydrogen-bond donors (Lipinski definition) is 1. The van der Waals surface area contributed by atoms with Gasteiger partial charge in [-0.3, -0.25) is 4.79 Å². The average molecular weight is 366 g/mol. The van der Waals surface area contributed by atoms with E-state index in [2.05, 4.69) is 32.2 Å². The molecule has 5 heteroatoms. The molecule has 0 saturated carbocycles. The van der Waals surface area contributed by atoms with Gasteiger partial charge in [0.2, 0.25) is 0 Å². The van der Waals surface area contributed by atoms with Gasteiger partial charge in [0.15, 0.2) is 6.61 Å². The number of amides is 1. The van der Waals surface area contributed by atoms with Crippen LogP contribution < -0.4 is 10.1 Å². The van der Waals surface area contributed by atoms with Crippen molar-refractivity contribution in [1.29, 1.82) is 0 Å². The van der Waals surface area contributed by atoms with E-state index in [4.69, 9.17) is 27.9 Å². The zero-order valence-corrected chi connectivity index (χ0v) is 15.8. The van der Waals surface area contributed by atoms with Gasteiger partial charge in [-0.1, -0.05) is 61.7 Å².